The van der Waals surface area contributed by atoms with Gasteiger partial charge in [0.2, 0.25) is 0 Å². The minimum Gasteiger partial charge on any atom is -0.299 e. The molecule has 78 valence electrons. The Morgan fingerprint density at radius 1 is 0.714 bits per heavy atom. The van der Waals surface area contributed by atoms with E-state index in [0.29, 0.717) is 24.4 Å². The van der Waals surface area contributed by atoms with Crippen molar-refractivity contribution in [2.75, 3.05) is 0 Å². The zero-order valence-electron chi connectivity index (χ0n) is 8.63. The molecule has 0 bridgehead atoms. The van der Waals surface area contributed by atoms with Gasteiger partial charge in [-0.05, 0) is 25.7 Å². The predicted octanol–water partition coefficient (Wildman–Crippen LogP) is 2.51. The highest BCUT2D eigenvalue weighted by atomic mass is 16.1. The zero-order valence-corrected chi connectivity index (χ0v) is 8.63. The van der Waals surface area contributed by atoms with Crippen molar-refractivity contribution in [2.24, 2.45) is 11.8 Å². The van der Waals surface area contributed by atoms with Gasteiger partial charge in [-0.25, -0.2) is 0 Å². The highest BCUT2D eigenvalue weighted by Gasteiger charge is 2.35. The molecule has 0 N–H and O–H groups in total. The Morgan fingerprint density at radius 2 is 1.14 bits per heavy atom. The van der Waals surface area contributed by atoms with Gasteiger partial charge in [-0.3, -0.25) is 9.59 Å². The van der Waals surface area contributed by atoms with Gasteiger partial charge in [-0.2, -0.15) is 0 Å². The van der Waals surface area contributed by atoms with Crippen molar-refractivity contribution in [1.82, 2.24) is 0 Å². The fourth-order valence-electron chi connectivity index (χ4n) is 2.87. The van der Waals surface area contributed by atoms with Crippen LogP contribution >= 0.6 is 0 Å². The number of hydrogen-bond donors (Lipinski definition) is 0. The molecule has 2 aliphatic rings. The first-order valence-corrected chi connectivity index (χ1v) is 5.84. The maximum atomic E-state index is 11.7. The SMILES string of the molecule is O=C1CCCC[C@H]1[C@H]1CCCCC1=O. The molecule has 0 unspecified atom stereocenters. The normalized spacial score (nSPS) is 34.6. The van der Waals surface area contributed by atoms with Crippen molar-refractivity contribution < 1.29 is 9.59 Å². The molecule has 0 aliphatic heterocycles. The van der Waals surface area contributed by atoms with E-state index in [1.807, 2.05) is 0 Å². The highest BCUT2D eigenvalue weighted by Crippen LogP contribution is 2.34. The summed E-state index contributed by atoms with van der Waals surface area (Å²) in [5, 5.41) is 0. The molecule has 2 atom stereocenters. The summed E-state index contributed by atoms with van der Waals surface area (Å²) in [6.45, 7) is 0. The monoisotopic (exact) mass is 194 g/mol. The van der Waals surface area contributed by atoms with Gasteiger partial charge in [0.05, 0.1) is 0 Å². The van der Waals surface area contributed by atoms with Gasteiger partial charge in [-0.1, -0.05) is 12.8 Å². The third-order valence-corrected chi connectivity index (χ3v) is 3.69. The van der Waals surface area contributed by atoms with Gasteiger partial charge in [0.15, 0.2) is 0 Å². The maximum Gasteiger partial charge on any atom is 0.136 e. The second-order valence-electron chi connectivity index (χ2n) is 4.64. The van der Waals surface area contributed by atoms with E-state index in [1.165, 1.54) is 0 Å². The molecular weight excluding hydrogens is 176 g/mol. The predicted molar refractivity (Wildman–Crippen MR) is 53.9 cm³/mol. The molecule has 2 aliphatic carbocycles. The molecule has 14 heavy (non-hydrogen) atoms. The molecule has 0 radical (unpaired) electrons. The van der Waals surface area contributed by atoms with Crippen LogP contribution in [0.2, 0.25) is 0 Å². The number of carbonyl (C=O) groups is 2. The molecule has 0 aromatic rings. The summed E-state index contributed by atoms with van der Waals surface area (Å²) in [5.41, 5.74) is 0. The minimum atomic E-state index is 0.0940. The molecule has 0 spiro atoms. The van der Waals surface area contributed by atoms with Gasteiger partial charge in [0.1, 0.15) is 11.6 Å². The van der Waals surface area contributed by atoms with Gasteiger partial charge in [0.25, 0.3) is 0 Å². The van der Waals surface area contributed by atoms with Crippen molar-refractivity contribution in [3.05, 3.63) is 0 Å². The Bertz CT molecular complexity index is 219. The Morgan fingerprint density at radius 3 is 1.50 bits per heavy atom. The Labute approximate surface area is 85.1 Å². The molecule has 2 heteroatoms. The largest absolute Gasteiger partial charge is 0.299 e. The third kappa shape index (κ3) is 1.89. The third-order valence-electron chi connectivity index (χ3n) is 3.69. The van der Waals surface area contributed by atoms with Crippen LogP contribution in [0.4, 0.5) is 0 Å². The van der Waals surface area contributed by atoms with E-state index >= 15 is 0 Å². The van der Waals surface area contributed by atoms with E-state index in [1.54, 1.807) is 0 Å². The molecule has 0 amide bonds. The topological polar surface area (TPSA) is 34.1 Å². The minimum absolute atomic E-state index is 0.0940. The maximum absolute atomic E-state index is 11.7. The average Bonchev–Trinajstić information content (AvgIpc) is 2.20. The summed E-state index contributed by atoms with van der Waals surface area (Å²) in [4.78, 5) is 23.4. The van der Waals surface area contributed by atoms with Crippen LogP contribution in [-0.4, -0.2) is 11.6 Å². The van der Waals surface area contributed by atoms with E-state index in [0.717, 1.165) is 38.5 Å². The first-order chi connectivity index (χ1) is 6.79. The standard InChI is InChI=1S/C12H18O2/c13-11-7-3-1-5-9(11)10-6-2-4-8-12(10)14/h9-10H,1-8H2/t9-,10+. The first-order valence-electron chi connectivity index (χ1n) is 5.84. The van der Waals surface area contributed by atoms with Crippen LogP contribution in [0.25, 0.3) is 0 Å². The molecule has 0 aromatic carbocycles. The molecule has 2 saturated carbocycles. The Hall–Kier alpha value is -0.660. The Balaban J connectivity index is 2.04. The van der Waals surface area contributed by atoms with Crippen molar-refractivity contribution >= 4 is 11.6 Å². The van der Waals surface area contributed by atoms with Crippen molar-refractivity contribution in [2.45, 2.75) is 51.4 Å². The lowest BCUT2D eigenvalue weighted by atomic mass is 9.72. The fourth-order valence-corrected chi connectivity index (χ4v) is 2.87. The average molecular weight is 194 g/mol. The summed E-state index contributed by atoms with van der Waals surface area (Å²) in [6, 6.07) is 0. The van der Waals surface area contributed by atoms with Crippen molar-refractivity contribution in [1.29, 1.82) is 0 Å². The van der Waals surface area contributed by atoms with E-state index in [9.17, 15) is 9.59 Å². The lowest BCUT2D eigenvalue weighted by Crippen LogP contribution is -2.33. The molecule has 0 aromatic heterocycles. The number of rotatable bonds is 1. The molecule has 0 saturated heterocycles. The Kier molecular flexibility index (Phi) is 2.99. The second-order valence-corrected chi connectivity index (χ2v) is 4.64. The summed E-state index contributed by atoms with van der Waals surface area (Å²) < 4.78 is 0. The van der Waals surface area contributed by atoms with Crippen LogP contribution in [0, 0.1) is 11.8 Å². The zero-order chi connectivity index (χ0) is 9.97. The summed E-state index contributed by atoms with van der Waals surface area (Å²) in [5.74, 6) is 0.904. The number of Topliss-reactive ketones (excluding diaryl/α,β-unsaturated/α-hetero) is 2. The van der Waals surface area contributed by atoms with E-state index in [-0.39, 0.29) is 11.8 Å². The molecule has 2 nitrogen and oxygen atoms in total. The first kappa shape index (κ1) is 9.88. The van der Waals surface area contributed by atoms with Gasteiger partial charge in [-0.15, -0.1) is 0 Å². The van der Waals surface area contributed by atoms with Crippen LogP contribution in [0.5, 0.6) is 0 Å². The summed E-state index contributed by atoms with van der Waals surface area (Å²) >= 11 is 0. The van der Waals surface area contributed by atoms with Crippen LogP contribution in [0.15, 0.2) is 0 Å². The highest BCUT2D eigenvalue weighted by molar-refractivity contribution is 5.90. The van der Waals surface area contributed by atoms with Gasteiger partial charge < -0.3 is 0 Å². The van der Waals surface area contributed by atoms with E-state index in [4.69, 9.17) is 0 Å². The van der Waals surface area contributed by atoms with Crippen LogP contribution < -0.4 is 0 Å². The van der Waals surface area contributed by atoms with E-state index in [2.05, 4.69) is 0 Å². The fraction of sp³-hybridized carbons (Fsp3) is 0.833. The quantitative estimate of drug-likeness (QED) is 0.642. The van der Waals surface area contributed by atoms with Crippen molar-refractivity contribution in [3.63, 3.8) is 0 Å². The molecular formula is C12H18O2. The molecule has 0 heterocycles. The number of hydrogen-bond acceptors (Lipinski definition) is 2. The van der Waals surface area contributed by atoms with Gasteiger partial charge >= 0.3 is 0 Å². The summed E-state index contributed by atoms with van der Waals surface area (Å²) in [6.07, 6.45) is 7.72. The van der Waals surface area contributed by atoms with Gasteiger partial charge in [0, 0.05) is 24.7 Å². The second kappa shape index (κ2) is 4.24. The lowest BCUT2D eigenvalue weighted by Gasteiger charge is -2.30. The number of ketones is 2. The molecule has 2 fully saturated rings. The number of carbonyl (C=O) groups excluding carboxylic acids is 2. The van der Waals surface area contributed by atoms with Crippen LogP contribution in [-0.2, 0) is 9.59 Å². The smallest absolute Gasteiger partial charge is 0.136 e. The molecule has 2 rings (SSSR count). The van der Waals surface area contributed by atoms with Crippen LogP contribution in [0.3, 0.4) is 0 Å². The summed E-state index contributed by atoms with van der Waals surface area (Å²) in [7, 11) is 0. The van der Waals surface area contributed by atoms with E-state index < -0.39 is 0 Å². The van der Waals surface area contributed by atoms with Crippen LogP contribution in [0.1, 0.15) is 51.4 Å². The lowest BCUT2D eigenvalue weighted by molar-refractivity contribution is -0.135. The van der Waals surface area contributed by atoms with Crippen molar-refractivity contribution in [3.8, 4) is 0 Å².